The monoisotopic (exact) mass is 375 g/mol. The molecule has 8 heteroatoms. The first-order valence-corrected chi connectivity index (χ1v) is 7.40. The van der Waals surface area contributed by atoms with E-state index in [1.165, 1.54) is 13.2 Å². The molecule has 0 fully saturated rings. The number of likely N-dealkylation sites (N-methyl/N-ethyl adjacent to an activating group) is 1. The van der Waals surface area contributed by atoms with E-state index < -0.39 is 11.9 Å². The van der Waals surface area contributed by atoms with Gasteiger partial charge in [-0.1, -0.05) is 15.9 Å². The van der Waals surface area contributed by atoms with Crippen molar-refractivity contribution in [2.24, 2.45) is 0 Å². The third-order valence-corrected chi connectivity index (χ3v) is 3.20. The molecule has 0 aliphatic heterocycles. The van der Waals surface area contributed by atoms with Gasteiger partial charge in [0.2, 0.25) is 5.91 Å². The number of carbonyl (C=O) groups is 2. The summed E-state index contributed by atoms with van der Waals surface area (Å²) >= 11 is 3.27. The first-order valence-electron chi connectivity index (χ1n) is 6.61. The van der Waals surface area contributed by atoms with E-state index in [0.29, 0.717) is 18.7 Å². The van der Waals surface area contributed by atoms with E-state index in [4.69, 9.17) is 4.74 Å². The van der Waals surface area contributed by atoms with E-state index in [9.17, 15) is 14.0 Å². The number of methoxy groups -OCH3 is 1. The molecule has 0 aliphatic carbocycles. The largest absolute Gasteiger partial charge is 0.383 e. The molecule has 0 bridgehead atoms. The lowest BCUT2D eigenvalue weighted by Crippen LogP contribution is -2.44. The summed E-state index contributed by atoms with van der Waals surface area (Å²) in [6.45, 7) is 0.909. The maximum absolute atomic E-state index is 13.6. The molecule has 1 rings (SSSR count). The van der Waals surface area contributed by atoms with Crippen LogP contribution in [-0.4, -0.2) is 50.7 Å². The fourth-order valence-corrected chi connectivity index (χ4v) is 2.14. The Bertz CT molecular complexity index is 528. The first-order chi connectivity index (χ1) is 10.4. The maximum Gasteiger partial charge on any atom is 0.321 e. The highest BCUT2D eigenvalue weighted by atomic mass is 79.9. The van der Waals surface area contributed by atoms with Gasteiger partial charge >= 0.3 is 6.03 Å². The minimum absolute atomic E-state index is 0.0242. The van der Waals surface area contributed by atoms with Crippen molar-refractivity contribution in [1.82, 2.24) is 15.5 Å². The van der Waals surface area contributed by atoms with Gasteiger partial charge in [-0.15, -0.1) is 0 Å². The average Bonchev–Trinajstić information content (AvgIpc) is 2.42. The Morgan fingerprint density at radius 3 is 2.82 bits per heavy atom. The smallest absolute Gasteiger partial charge is 0.321 e. The Balaban J connectivity index is 2.40. The molecule has 22 heavy (non-hydrogen) atoms. The van der Waals surface area contributed by atoms with E-state index >= 15 is 0 Å². The molecule has 0 spiro atoms. The Morgan fingerprint density at radius 1 is 1.41 bits per heavy atom. The minimum Gasteiger partial charge on any atom is -0.383 e. The van der Waals surface area contributed by atoms with Crippen molar-refractivity contribution >= 4 is 27.9 Å². The van der Waals surface area contributed by atoms with E-state index in [1.54, 1.807) is 24.1 Å². The van der Waals surface area contributed by atoms with Crippen molar-refractivity contribution in [1.29, 1.82) is 0 Å². The van der Waals surface area contributed by atoms with Crippen LogP contribution >= 0.6 is 15.9 Å². The van der Waals surface area contributed by atoms with Crippen LogP contribution in [0.25, 0.3) is 0 Å². The van der Waals surface area contributed by atoms with Gasteiger partial charge in [-0.05, 0) is 25.2 Å². The second kappa shape index (κ2) is 9.50. The summed E-state index contributed by atoms with van der Waals surface area (Å²) < 4.78 is 19.2. The van der Waals surface area contributed by atoms with Crippen molar-refractivity contribution in [2.75, 3.05) is 33.9 Å². The molecule has 0 aromatic heterocycles. The molecule has 1 aromatic carbocycles. The lowest BCUT2D eigenvalue weighted by molar-refractivity contribution is -0.121. The van der Waals surface area contributed by atoms with E-state index in [0.717, 1.165) is 4.47 Å². The van der Waals surface area contributed by atoms with Gasteiger partial charge in [-0.2, -0.15) is 0 Å². The molecular formula is C14H19BrFN3O3. The summed E-state index contributed by atoms with van der Waals surface area (Å²) in [5.41, 5.74) is 0.467. The summed E-state index contributed by atoms with van der Waals surface area (Å²) in [4.78, 5) is 24.7. The minimum atomic E-state index is -0.580. The van der Waals surface area contributed by atoms with E-state index in [1.807, 2.05) is 0 Å². The highest BCUT2D eigenvalue weighted by Gasteiger charge is 2.12. The number of carbonyl (C=O) groups excluding carboxylic acids is 2. The Kier molecular flexibility index (Phi) is 8.00. The highest BCUT2D eigenvalue weighted by molar-refractivity contribution is 9.10. The van der Waals surface area contributed by atoms with Gasteiger partial charge < -0.3 is 10.1 Å². The van der Waals surface area contributed by atoms with Crippen LogP contribution in [0.4, 0.5) is 9.18 Å². The lowest BCUT2D eigenvalue weighted by atomic mass is 10.2. The standard InChI is InChI=1S/C14H19BrFN3O3/c1-19(8-10-7-11(15)3-4-12(10)16)9-13(20)18-14(21)17-5-6-22-2/h3-4,7H,5-6,8-9H2,1-2H3,(H2,17,18,20,21). The van der Waals surface area contributed by atoms with Crippen LogP contribution in [0.1, 0.15) is 5.56 Å². The molecule has 0 saturated carbocycles. The number of benzene rings is 1. The zero-order chi connectivity index (χ0) is 16.5. The number of nitrogens with one attached hydrogen (secondary N) is 2. The number of imide groups is 1. The summed E-state index contributed by atoms with van der Waals surface area (Å²) in [7, 11) is 3.18. The molecule has 0 saturated heterocycles. The lowest BCUT2D eigenvalue weighted by Gasteiger charge is -2.16. The third kappa shape index (κ3) is 6.97. The SMILES string of the molecule is COCCNC(=O)NC(=O)CN(C)Cc1cc(Br)ccc1F. The average molecular weight is 376 g/mol. The first kappa shape index (κ1) is 18.5. The van der Waals surface area contributed by atoms with Crippen molar-refractivity contribution in [3.05, 3.63) is 34.1 Å². The molecular weight excluding hydrogens is 357 g/mol. The number of hydrogen-bond donors (Lipinski definition) is 2. The van der Waals surface area contributed by atoms with Gasteiger partial charge in [-0.25, -0.2) is 9.18 Å². The number of urea groups is 1. The summed E-state index contributed by atoms with van der Waals surface area (Å²) in [5.74, 6) is -0.805. The number of halogens is 2. The third-order valence-electron chi connectivity index (χ3n) is 2.71. The van der Waals surface area contributed by atoms with Crippen LogP contribution in [0.2, 0.25) is 0 Å². The Labute approximate surface area is 137 Å². The quantitative estimate of drug-likeness (QED) is 0.708. The number of rotatable bonds is 7. The van der Waals surface area contributed by atoms with Crippen molar-refractivity contribution in [3.8, 4) is 0 Å². The van der Waals surface area contributed by atoms with Gasteiger partial charge in [0.15, 0.2) is 0 Å². The molecule has 0 radical (unpaired) electrons. The molecule has 6 nitrogen and oxygen atoms in total. The normalized spacial score (nSPS) is 10.6. The number of hydrogen-bond acceptors (Lipinski definition) is 4. The maximum atomic E-state index is 13.6. The fraction of sp³-hybridized carbons (Fsp3) is 0.429. The van der Waals surface area contributed by atoms with Crippen LogP contribution in [0.5, 0.6) is 0 Å². The summed E-state index contributed by atoms with van der Waals surface area (Å²) in [6.07, 6.45) is 0. The molecule has 122 valence electrons. The second-order valence-corrected chi connectivity index (χ2v) is 5.62. The molecule has 2 N–H and O–H groups in total. The second-order valence-electron chi connectivity index (χ2n) is 4.70. The zero-order valence-electron chi connectivity index (χ0n) is 12.5. The number of ether oxygens (including phenoxy) is 1. The molecule has 3 amide bonds. The van der Waals surface area contributed by atoms with Crippen molar-refractivity contribution in [2.45, 2.75) is 6.54 Å². The Hall–Kier alpha value is -1.51. The van der Waals surface area contributed by atoms with Gasteiger partial charge in [0, 0.05) is 30.2 Å². The number of nitrogens with zero attached hydrogens (tertiary/aromatic N) is 1. The predicted octanol–water partition coefficient (Wildman–Crippen LogP) is 1.49. The van der Waals surface area contributed by atoms with Crippen LogP contribution in [0.15, 0.2) is 22.7 Å². The van der Waals surface area contributed by atoms with Gasteiger partial charge in [-0.3, -0.25) is 15.0 Å². The summed E-state index contributed by atoms with van der Waals surface area (Å²) in [6, 6.07) is 4.04. The van der Waals surface area contributed by atoms with Crippen LogP contribution < -0.4 is 10.6 Å². The van der Waals surface area contributed by atoms with Crippen LogP contribution in [-0.2, 0) is 16.1 Å². The highest BCUT2D eigenvalue weighted by Crippen LogP contribution is 2.16. The van der Waals surface area contributed by atoms with Crippen LogP contribution in [0.3, 0.4) is 0 Å². The van der Waals surface area contributed by atoms with Gasteiger partial charge in [0.1, 0.15) is 5.82 Å². The van der Waals surface area contributed by atoms with Gasteiger partial charge in [0.05, 0.1) is 13.2 Å². The predicted molar refractivity (Wildman–Crippen MR) is 83.9 cm³/mol. The molecule has 1 aromatic rings. The van der Waals surface area contributed by atoms with Crippen molar-refractivity contribution in [3.63, 3.8) is 0 Å². The van der Waals surface area contributed by atoms with Crippen molar-refractivity contribution < 1.29 is 18.7 Å². The topological polar surface area (TPSA) is 70.7 Å². The van der Waals surface area contributed by atoms with Crippen LogP contribution in [0, 0.1) is 5.82 Å². The Morgan fingerprint density at radius 2 is 2.14 bits per heavy atom. The number of amides is 3. The summed E-state index contributed by atoms with van der Waals surface area (Å²) in [5, 5.41) is 4.67. The van der Waals surface area contributed by atoms with E-state index in [2.05, 4.69) is 26.6 Å². The molecule has 0 unspecified atom stereocenters. The fourth-order valence-electron chi connectivity index (χ4n) is 1.73. The molecule has 0 heterocycles. The zero-order valence-corrected chi connectivity index (χ0v) is 14.1. The van der Waals surface area contributed by atoms with E-state index in [-0.39, 0.29) is 18.9 Å². The van der Waals surface area contributed by atoms with Gasteiger partial charge in [0.25, 0.3) is 0 Å². The molecule has 0 aliphatic rings. The molecule has 0 atom stereocenters.